The molecule has 0 fully saturated rings. The van der Waals surface area contributed by atoms with Crippen LogP contribution < -0.4 is 10.1 Å². The Kier molecular flexibility index (Phi) is 5.32. The van der Waals surface area contributed by atoms with Gasteiger partial charge >= 0.3 is 0 Å². The van der Waals surface area contributed by atoms with Crippen LogP contribution in [0.2, 0.25) is 0 Å². The van der Waals surface area contributed by atoms with Gasteiger partial charge in [-0.2, -0.15) is 0 Å². The van der Waals surface area contributed by atoms with Crippen LogP contribution in [0.3, 0.4) is 0 Å². The summed E-state index contributed by atoms with van der Waals surface area (Å²) >= 11 is 0. The zero-order chi connectivity index (χ0) is 21.8. The van der Waals surface area contributed by atoms with Crippen LogP contribution in [0.5, 0.6) is 5.75 Å². The number of amides is 1. The number of hydrogen-bond acceptors (Lipinski definition) is 4. The van der Waals surface area contributed by atoms with E-state index in [0.717, 1.165) is 16.8 Å². The summed E-state index contributed by atoms with van der Waals surface area (Å²) < 4.78 is 7.90. The highest BCUT2D eigenvalue weighted by Crippen LogP contribution is 2.25. The quantitative estimate of drug-likeness (QED) is 0.412. The molecule has 0 aliphatic rings. The number of anilines is 1. The Balaban J connectivity index is 1.36. The van der Waals surface area contributed by atoms with Gasteiger partial charge in [-0.25, -0.2) is 9.97 Å². The molecular weight excluding hydrogens is 400 g/mol. The molecule has 6 nitrogen and oxygen atoms in total. The fourth-order valence-corrected chi connectivity index (χ4v) is 3.44. The van der Waals surface area contributed by atoms with Crippen molar-refractivity contribution < 1.29 is 9.53 Å². The van der Waals surface area contributed by atoms with Crippen LogP contribution >= 0.6 is 0 Å². The number of rotatable bonds is 6. The Bertz CT molecular complexity index is 1300. The Labute approximate surface area is 185 Å². The first kappa shape index (κ1) is 19.5. The molecule has 2 heterocycles. The maximum Gasteiger partial charge on any atom is 0.270 e. The van der Waals surface area contributed by atoms with Gasteiger partial charge in [0.05, 0.1) is 5.69 Å². The molecule has 1 N–H and O–H groups in total. The van der Waals surface area contributed by atoms with E-state index in [1.165, 1.54) is 0 Å². The molecule has 0 aliphatic carbocycles. The van der Waals surface area contributed by atoms with E-state index in [2.05, 4.69) is 15.3 Å². The maximum absolute atomic E-state index is 13.1. The lowest BCUT2D eigenvalue weighted by molar-refractivity contribution is -0.123. The number of para-hydroxylation sites is 1. The molecular formula is C26H20N4O2. The van der Waals surface area contributed by atoms with Crippen molar-refractivity contribution in [2.24, 2.45) is 0 Å². The number of nitrogens with zero attached hydrogens (tertiary/aromatic N) is 3. The minimum Gasteiger partial charge on any atom is -0.476 e. The predicted molar refractivity (Wildman–Crippen MR) is 123 cm³/mol. The zero-order valence-electron chi connectivity index (χ0n) is 17.1. The third kappa shape index (κ3) is 4.20. The van der Waals surface area contributed by atoms with Crippen molar-refractivity contribution in [1.29, 1.82) is 0 Å². The second-order valence-electron chi connectivity index (χ2n) is 7.24. The summed E-state index contributed by atoms with van der Waals surface area (Å²) in [5.74, 6) is 1.03. The van der Waals surface area contributed by atoms with Gasteiger partial charge in [0.15, 0.2) is 0 Å². The van der Waals surface area contributed by atoms with Crippen LogP contribution in [0.15, 0.2) is 110 Å². The first-order valence-corrected chi connectivity index (χ1v) is 10.2. The van der Waals surface area contributed by atoms with Crippen LogP contribution in [-0.2, 0) is 4.79 Å². The third-order valence-electron chi connectivity index (χ3n) is 5.02. The van der Waals surface area contributed by atoms with Crippen LogP contribution in [0, 0.1) is 0 Å². The first-order valence-electron chi connectivity index (χ1n) is 10.2. The molecule has 0 radical (unpaired) electrons. The monoisotopic (exact) mass is 420 g/mol. The Morgan fingerprint density at radius 3 is 2.31 bits per heavy atom. The van der Waals surface area contributed by atoms with E-state index >= 15 is 0 Å². The number of ether oxygens (including phenoxy) is 1. The lowest BCUT2D eigenvalue weighted by atomic mass is 10.1. The summed E-state index contributed by atoms with van der Waals surface area (Å²) in [6, 6.07) is 28.2. The van der Waals surface area contributed by atoms with Gasteiger partial charge in [-0.15, -0.1) is 0 Å². The van der Waals surface area contributed by atoms with Crippen molar-refractivity contribution in [3.63, 3.8) is 0 Å². The number of benzene rings is 3. The highest BCUT2D eigenvalue weighted by molar-refractivity contribution is 5.95. The van der Waals surface area contributed by atoms with Gasteiger partial charge in [-0.1, -0.05) is 60.7 Å². The van der Waals surface area contributed by atoms with Gasteiger partial charge in [-0.05, 0) is 30.3 Å². The number of carbonyl (C=O) groups is 1. The number of aromatic nitrogens is 3. The highest BCUT2D eigenvalue weighted by Gasteiger charge is 2.23. The molecule has 0 saturated heterocycles. The lowest BCUT2D eigenvalue weighted by Crippen LogP contribution is -2.25. The molecule has 1 unspecified atom stereocenters. The van der Waals surface area contributed by atoms with Gasteiger partial charge in [0.2, 0.25) is 11.9 Å². The van der Waals surface area contributed by atoms with Crippen LogP contribution in [0.1, 0.15) is 11.7 Å². The van der Waals surface area contributed by atoms with E-state index < -0.39 is 6.10 Å². The zero-order valence-corrected chi connectivity index (χ0v) is 17.1. The molecule has 2 aromatic heterocycles. The maximum atomic E-state index is 13.1. The summed E-state index contributed by atoms with van der Waals surface area (Å²) in [5, 5.41) is 2.96. The standard InChI is InChI=1S/C26H20N4O2/c31-25(24(20-8-3-1-4-9-20)32-22-10-5-2-6-11-22)28-21-14-12-19(13-15-21)23-18-30-17-7-16-27-26(30)29-23/h1-18,24H,(H,28,31). The van der Waals surface area contributed by atoms with Crippen molar-refractivity contribution in [2.45, 2.75) is 6.10 Å². The summed E-state index contributed by atoms with van der Waals surface area (Å²) in [4.78, 5) is 21.9. The Morgan fingerprint density at radius 1 is 0.875 bits per heavy atom. The molecule has 1 atom stereocenters. The van der Waals surface area contributed by atoms with Crippen molar-refractivity contribution in [2.75, 3.05) is 5.32 Å². The molecule has 6 heteroatoms. The fraction of sp³-hybridized carbons (Fsp3) is 0.0385. The summed E-state index contributed by atoms with van der Waals surface area (Å²) in [6.07, 6.45) is 4.77. The molecule has 32 heavy (non-hydrogen) atoms. The van der Waals surface area contributed by atoms with Gasteiger partial charge in [0, 0.05) is 35.4 Å². The highest BCUT2D eigenvalue weighted by atomic mass is 16.5. The minimum atomic E-state index is -0.775. The van der Waals surface area contributed by atoms with Crippen molar-refractivity contribution in [3.05, 3.63) is 115 Å². The average molecular weight is 420 g/mol. The molecule has 1 amide bonds. The van der Waals surface area contributed by atoms with E-state index in [4.69, 9.17) is 4.74 Å². The van der Waals surface area contributed by atoms with Crippen LogP contribution in [0.25, 0.3) is 17.0 Å². The van der Waals surface area contributed by atoms with E-state index in [-0.39, 0.29) is 5.91 Å². The lowest BCUT2D eigenvalue weighted by Gasteiger charge is -2.19. The van der Waals surface area contributed by atoms with Crippen molar-refractivity contribution in [3.8, 4) is 17.0 Å². The van der Waals surface area contributed by atoms with E-state index in [9.17, 15) is 4.79 Å². The Hall–Kier alpha value is -4.45. The van der Waals surface area contributed by atoms with Crippen LogP contribution in [-0.4, -0.2) is 20.3 Å². The number of nitrogens with one attached hydrogen (secondary N) is 1. The van der Waals surface area contributed by atoms with Crippen LogP contribution in [0.4, 0.5) is 5.69 Å². The number of fused-ring (bicyclic) bond motifs is 1. The molecule has 0 aliphatic heterocycles. The number of imidazole rings is 1. The molecule has 3 aromatic carbocycles. The first-order chi connectivity index (χ1) is 15.8. The smallest absolute Gasteiger partial charge is 0.270 e. The predicted octanol–water partition coefficient (Wildman–Crippen LogP) is 5.16. The number of hydrogen-bond donors (Lipinski definition) is 1. The second kappa shape index (κ2) is 8.73. The van der Waals surface area contributed by atoms with E-state index in [1.807, 2.05) is 108 Å². The van der Waals surface area contributed by atoms with Crippen molar-refractivity contribution in [1.82, 2.24) is 14.4 Å². The molecule has 156 valence electrons. The molecule has 5 rings (SSSR count). The summed E-state index contributed by atoms with van der Waals surface area (Å²) in [7, 11) is 0. The molecule has 0 spiro atoms. The van der Waals surface area contributed by atoms with Crippen molar-refractivity contribution >= 4 is 17.4 Å². The van der Waals surface area contributed by atoms with E-state index in [0.29, 0.717) is 17.2 Å². The van der Waals surface area contributed by atoms with Gasteiger partial charge in [0.25, 0.3) is 5.91 Å². The normalized spacial score (nSPS) is 11.8. The number of carbonyl (C=O) groups excluding carboxylic acids is 1. The summed E-state index contributed by atoms with van der Waals surface area (Å²) in [5.41, 5.74) is 3.21. The summed E-state index contributed by atoms with van der Waals surface area (Å²) in [6.45, 7) is 0. The topological polar surface area (TPSA) is 68.5 Å². The second-order valence-corrected chi connectivity index (χ2v) is 7.24. The average Bonchev–Trinajstić information content (AvgIpc) is 3.28. The minimum absolute atomic E-state index is 0.246. The van der Waals surface area contributed by atoms with E-state index in [1.54, 1.807) is 6.20 Å². The largest absolute Gasteiger partial charge is 0.476 e. The van der Waals surface area contributed by atoms with Gasteiger partial charge in [0.1, 0.15) is 5.75 Å². The van der Waals surface area contributed by atoms with Gasteiger partial charge in [-0.3, -0.25) is 9.20 Å². The SMILES string of the molecule is O=C(Nc1ccc(-c2cn3cccnc3n2)cc1)C(Oc1ccccc1)c1ccccc1. The molecule has 0 saturated carbocycles. The third-order valence-corrected chi connectivity index (χ3v) is 5.02. The molecule has 0 bridgehead atoms. The molecule has 5 aromatic rings. The Morgan fingerprint density at radius 2 is 1.59 bits per heavy atom. The fourth-order valence-electron chi connectivity index (χ4n) is 3.44. The van der Waals surface area contributed by atoms with Gasteiger partial charge < -0.3 is 10.1 Å².